The maximum atomic E-state index is 4.24. The van der Waals surface area contributed by atoms with Gasteiger partial charge in [0.05, 0.1) is 0 Å². The Morgan fingerprint density at radius 1 is 0.472 bits per heavy atom. The van der Waals surface area contributed by atoms with Crippen LogP contribution in [0.4, 0.5) is 0 Å². The van der Waals surface area contributed by atoms with E-state index in [2.05, 4.69) is 171 Å². The summed E-state index contributed by atoms with van der Waals surface area (Å²) >= 11 is 1.94. The smallest absolute Gasteiger partial charge is 0.0439 e. The Balaban J connectivity index is 1.15. The van der Waals surface area contributed by atoms with E-state index in [-0.39, 0.29) is 5.41 Å². The quantitative estimate of drug-likeness (QED) is 0.168. The highest BCUT2D eigenvalue weighted by Crippen LogP contribution is 2.56. The number of fused-ring (bicyclic) bond motifs is 10. The summed E-state index contributed by atoms with van der Waals surface area (Å²) in [6.45, 7) is 7.13. The molecule has 0 N–H and O–H groups in total. The number of aryl methyl sites for hydroxylation is 1. The lowest BCUT2D eigenvalue weighted by atomic mass is 9.80. The summed E-state index contributed by atoms with van der Waals surface area (Å²) in [5.41, 5.74) is 14.4. The molecular weight excluding hydrogens is 659 g/mol. The van der Waals surface area contributed by atoms with Crippen molar-refractivity contribution in [2.75, 3.05) is 0 Å². The molecule has 8 aromatic carbocycles. The van der Waals surface area contributed by atoms with Crippen molar-refractivity contribution >= 4 is 63.8 Å². The van der Waals surface area contributed by atoms with E-state index in [4.69, 9.17) is 0 Å². The van der Waals surface area contributed by atoms with Crippen LogP contribution in [0.3, 0.4) is 0 Å². The van der Waals surface area contributed by atoms with Crippen LogP contribution >= 0.6 is 11.3 Å². The first-order valence-corrected chi connectivity index (χ1v) is 19.3. The number of pyridine rings is 1. The first-order chi connectivity index (χ1) is 26.0. The molecule has 1 nitrogen and oxygen atoms in total. The number of rotatable bonds is 3. The number of aromatic nitrogens is 1. The molecule has 0 bridgehead atoms. The second kappa shape index (κ2) is 11.2. The van der Waals surface area contributed by atoms with Gasteiger partial charge in [0.1, 0.15) is 0 Å². The first kappa shape index (κ1) is 30.5. The van der Waals surface area contributed by atoms with E-state index in [1.807, 2.05) is 23.7 Å². The maximum absolute atomic E-state index is 4.24. The van der Waals surface area contributed by atoms with Gasteiger partial charge in [0.25, 0.3) is 0 Å². The number of thiophene rings is 1. The highest BCUT2D eigenvalue weighted by Gasteiger charge is 2.38. The molecule has 0 atom stereocenters. The molecule has 2 heterocycles. The van der Waals surface area contributed by atoms with Gasteiger partial charge in [-0.1, -0.05) is 135 Å². The van der Waals surface area contributed by atoms with Crippen LogP contribution in [0.25, 0.3) is 97.0 Å². The Morgan fingerprint density at radius 3 is 1.85 bits per heavy atom. The summed E-state index contributed by atoms with van der Waals surface area (Å²) in [6.07, 6.45) is 3.75. The SMILES string of the molecule is Cc1cc2c(c3sc4cc(-c5ccncc5)ccc4c13)-c1ccc(-c3c4ccccc4c(-c4cccc5ccccc45)c4ccccc34)cc1C2(C)C. The van der Waals surface area contributed by atoms with Gasteiger partial charge in [0.15, 0.2) is 0 Å². The summed E-state index contributed by atoms with van der Waals surface area (Å²) < 4.78 is 2.73. The Morgan fingerprint density at radius 2 is 1.11 bits per heavy atom. The van der Waals surface area contributed by atoms with Gasteiger partial charge in [-0.05, 0) is 119 Å². The zero-order valence-electron chi connectivity index (χ0n) is 29.9. The van der Waals surface area contributed by atoms with E-state index in [9.17, 15) is 0 Å². The zero-order valence-corrected chi connectivity index (χ0v) is 30.7. The lowest BCUT2D eigenvalue weighted by molar-refractivity contribution is 0.660. The minimum absolute atomic E-state index is 0.146. The lowest BCUT2D eigenvalue weighted by Crippen LogP contribution is -2.15. The van der Waals surface area contributed by atoms with Crippen molar-refractivity contribution < 1.29 is 0 Å². The standard InChI is InChI=1S/C51H35NS/c1-30-27-44-49(50-46(30)42-22-19-33(29-45(42)53-50)31-23-25-52-26-24-31)41-21-20-34(28-43(41)51(44,2)3)47-37-14-6-8-16-39(37)48(40-17-9-7-15-38(40)47)36-18-10-12-32-11-4-5-13-35(32)36/h4-29H,1-3H3. The van der Waals surface area contributed by atoms with E-state index in [0.29, 0.717) is 0 Å². The maximum Gasteiger partial charge on any atom is 0.0439 e. The van der Waals surface area contributed by atoms with Gasteiger partial charge in [-0.25, -0.2) is 0 Å². The summed E-state index contributed by atoms with van der Waals surface area (Å²) in [6, 6.07) is 54.5. The monoisotopic (exact) mass is 693 g/mol. The van der Waals surface area contributed by atoms with Crippen molar-refractivity contribution in [3.8, 4) is 44.5 Å². The van der Waals surface area contributed by atoms with E-state index >= 15 is 0 Å². The van der Waals surface area contributed by atoms with Crippen LogP contribution in [0.2, 0.25) is 0 Å². The Bertz CT molecular complexity index is 3080. The molecule has 0 unspecified atom stereocenters. The van der Waals surface area contributed by atoms with Crippen LogP contribution in [0.1, 0.15) is 30.5 Å². The van der Waals surface area contributed by atoms with Gasteiger partial charge < -0.3 is 0 Å². The second-order valence-corrected chi connectivity index (χ2v) is 16.2. The van der Waals surface area contributed by atoms with Crippen molar-refractivity contribution in [1.82, 2.24) is 4.98 Å². The molecule has 0 radical (unpaired) electrons. The summed E-state index contributed by atoms with van der Waals surface area (Å²) in [5.74, 6) is 0. The number of hydrogen-bond donors (Lipinski definition) is 0. The molecule has 0 saturated carbocycles. The number of hydrogen-bond acceptors (Lipinski definition) is 2. The average molecular weight is 694 g/mol. The molecule has 2 aromatic heterocycles. The summed E-state index contributed by atoms with van der Waals surface area (Å²) in [4.78, 5) is 4.24. The molecule has 0 aliphatic heterocycles. The van der Waals surface area contributed by atoms with Gasteiger partial charge in [-0.2, -0.15) is 0 Å². The fourth-order valence-electron chi connectivity index (χ4n) is 9.38. The van der Waals surface area contributed by atoms with Gasteiger partial charge in [-0.3, -0.25) is 4.98 Å². The van der Waals surface area contributed by atoms with Crippen molar-refractivity contribution in [2.24, 2.45) is 0 Å². The molecule has 11 rings (SSSR count). The molecule has 0 fully saturated rings. The molecule has 0 saturated heterocycles. The van der Waals surface area contributed by atoms with E-state index < -0.39 is 0 Å². The third-order valence-corrected chi connectivity index (χ3v) is 13.0. The van der Waals surface area contributed by atoms with Gasteiger partial charge in [-0.15, -0.1) is 11.3 Å². The zero-order chi connectivity index (χ0) is 35.4. The topological polar surface area (TPSA) is 12.9 Å². The van der Waals surface area contributed by atoms with Gasteiger partial charge >= 0.3 is 0 Å². The van der Waals surface area contributed by atoms with Crippen molar-refractivity contribution in [1.29, 1.82) is 0 Å². The third-order valence-electron chi connectivity index (χ3n) is 11.9. The molecule has 10 aromatic rings. The van der Waals surface area contributed by atoms with Crippen LogP contribution < -0.4 is 0 Å². The Kier molecular flexibility index (Phi) is 6.45. The highest BCUT2D eigenvalue weighted by atomic mass is 32.1. The average Bonchev–Trinajstić information content (AvgIpc) is 3.69. The molecule has 250 valence electrons. The molecule has 53 heavy (non-hydrogen) atoms. The van der Waals surface area contributed by atoms with Crippen LogP contribution in [0.15, 0.2) is 158 Å². The lowest BCUT2D eigenvalue weighted by Gasteiger charge is -2.23. The fraction of sp³-hybridized carbons (Fsp3) is 0.0784. The third kappa shape index (κ3) is 4.33. The van der Waals surface area contributed by atoms with Crippen LogP contribution in [0, 0.1) is 6.92 Å². The summed E-state index contributed by atoms with van der Waals surface area (Å²) in [5, 5.41) is 10.4. The normalized spacial score (nSPS) is 13.3. The van der Waals surface area contributed by atoms with E-state index in [0.717, 1.165) is 0 Å². The second-order valence-electron chi connectivity index (χ2n) is 15.1. The summed E-state index contributed by atoms with van der Waals surface area (Å²) in [7, 11) is 0. The predicted molar refractivity (Wildman–Crippen MR) is 228 cm³/mol. The van der Waals surface area contributed by atoms with Crippen LogP contribution in [-0.2, 0) is 5.41 Å². The molecule has 0 spiro atoms. The van der Waals surface area contributed by atoms with Gasteiger partial charge in [0.2, 0.25) is 0 Å². The highest BCUT2D eigenvalue weighted by molar-refractivity contribution is 7.26. The molecule has 2 heteroatoms. The molecular formula is C51H35NS. The van der Waals surface area contributed by atoms with Crippen molar-refractivity contribution in [3.05, 3.63) is 175 Å². The minimum Gasteiger partial charge on any atom is -0.265 e. The Labute approximate surface area is 312 Å². The van der Waals surface area contributed by atoms with Crippen molar-refractivity contribution in [3.63, 3.8) is 0 Å². The van der Waals surface area contributed by atoms with E-state index in [1.54, 1.807) is 0 Å². The largest absolute Gasteiger partial charge is 0.265 e. The molecule has 0 amide bonds. The molecule has 1 aliphatic carbocycles. The number of nitrogens with zero attached hydrogens (tertiary/aromatic N) is 1. The predicted octanol–water partition coefficient (Wildman–Crippen LogP) is 14.5. The van der Waals surface area contributed by atoms with E-state index in [1.165, 1.54) is 114 Å². The van der Waals surface area contributed by atoms with Crippen LogP contribution in [0.5, 0.6) is 0 Å². The minimum atomic E-state index is -0.146. The fourth-order valence-corrected chi connectivity index (χ4v) is 10.8. The first-order valence-electron chi connectivity index (χ1n) is 18.4. The van der Waals surface area contributed by atoms with Gasteiger partial charge in [0, 0.05) is 43.5 Å². The van der Waals surface area contributed by atoms with Crippen molar-refractivity contribution in [2.45, 2.75) is 26.2 Å². The number of benzene rings is 8. The molecule has 1 aliphatic rings. The van der Waals surface area contributed by atoms with Crippen LogP contribution in [-0.4, -0.2) is 4.98 Å². The Hall–Kier alpha value is -6.09.